The van der Waals surface area contributed by atoms with Gasteiger partial charge in [0.25, 0.3) is 0 Å². The number of phosphoric acid groups is 1. The van der Waals surface area contributed by atoms with Crippen LogP contribution in [0.5, 0.6) is 0 Å². The van der Waals surface area contributed by atoms with Gasteiger partial charge in [-0.25, -0.2) is 0 Å². The molecule has 0 heterocycles. The second-order valence-electron chi connectivity index (χ2n) is 5.58. The van der Waals surface area contributed by atoms with Crippen LogP contribution in [0.3, 0.4) is 0 Å². The minimum atomic E-state index is -5.11. The summed E-state index contributed by atoms with van der Waals surface area (Å²) >= 11 is 5.92. The Morgan fingerprint density at radius 1 is 1.23 bits per heavy atom. The Hall–Kier alpha value is 1.09. The van der Waals surface area contributed by atoms with Crippen molar-refractivity contribution in [3.8, 4) is 0 Å². The van der Waals surface area contributed by atoms with Gasteiger partial charge in [0.1, 0.15) is 0 Å². The van der Waals surface area contributed by atoms with Crippen molar-refractivity contribution in [3.63, 3.8) is 0 Å². The summed E-state index contributed by atoms with van der Waals surface area (Å²) in [7, 11) is -5.11. The number of unbranched alkanes of at least 4 members (excludes halogenated alkanes) is 4. The van der Waals surface area contributed by atoms with Gasteiger partial charge in [-0.3, -0.25) is 4.79 Å². The number of amides is 1. The molecular formula is C16H23ClNNa2O5P. The number of rotatable bonds is 11. The predicted octanol–water partition coefficient (Wildman–Crippen LogP) is -3.29. The SMILES string of the molecule is CCCCCCCC(=O)NC(COP(=O)([O-])[O-])c1cccc(Cl)c1.[Na+].[Na+]. The largest absolute Gasteiger partial charge is 1.00 e. The van der Waals surface area contributed by atoms with E-state index in [0.29, 0.717) is 17.0 Å². The first-order valence-corrected chi connectivity index (χ1v) is 9.87. The summed E-state index contributed by atoms with van der Waals surface area (Å²) in [5.74, 6) is -0.216. The molecule has 0 bridgehead atoms. The first kappa shape index (κ1) is 29.3. The molecule has 1 unspecified atom stereocenters. The van der Waals surface area contributed by atoms with Crippen molar-refractivity contribution >= 4 is 25.3 Å². The molecule has 1 rings (SSSR count). The molecule has 0 fully saturated rings. The van der Waals surface area contributed by atoms with E-state index in [1.165, 1.54) is 0 Å². The Kier molecular flexibility index (Phi) is 18.0. The van der Waals surface area contributed by atoms with E-state index in [0.717, 1.165) is 32.1 Å². The molecule has 26 heavy (non-hydrogen) atoms. The van der Waals surface area contributed by atoms with E-state index in [4.69, 9.17) is 11.6 Å². The van der Waals surface area contributed by atoms with E-state index >= 15 is 0 Å². The topological polar surface area (TPSA) is 102 Å². The Morgan fingerprint density at radius 2 is 1.88 bits per heavy atom. The normalized spacial score (nSPS) is 11.8. The van der Waals surface area contributed by atoms with Crippen molar-refractivity contribution < 1.29 is 82.8 Å². The molecule has 1 amide bonds. The van der Waals surface area contributed by atoms with Crippen molar-refractivity contribution in [2.45, 2.75) is 51.5 Å². The summed E-state index contributed by atoms with van der Waals surface area (Å²) < 4.78 is 15.0. The molecule has 10 heteroatoms. The van der Waals surface area contributed by atoms with Crippen LogP contribution in [0.1, 0.15) is 57.1 Å². The van der Waals surface area contributed by atoms with Crippen molar-refractivity contribution in [3.05, 3.63) is 34.9 Å². The molecule has 136 valence electrons. The monoisotopic (exact) mass is 421 g/mol. The average Bonchev–Trinajstić information content (AvgIpc) is 2.50. The Bertz CT molecular complexity index is 573. The number of phosphoric ester groups is 1. The van der Waals surface area contributed by atoms with Crippen molar-refractivity contribution in [2.24, 2.45) is 0 Å². The molecule has 1 N–H and O–H groups in total. The summed E-state index contributed by atoms with van der Waals surface area (Å²) in [5, 5.41) is 3.15. The maximum absolute atomic E-state index is 12.0. The third-order valence-corrected chi connectivity index (χ3v) is 4.19. The van der Waals surface area contributed by atoms with Crippen LogP contribution in [-0.4, -0.2) is 12.5 Å². The molecule has 0 aliphatic rings. The van der Waals surface area contributed by atoms with Crippen LogP contribution in [0.15, 0.2) is 24.3 Å². The molecule has 0 spiro atoms. The third-order valence-electron chi connectivity index (χ3n) is 3.49. The smallest absolute Gasteiger partial charge is 0.790 e. The Labute approximate surface area is 204 Å². The number of carbonyl (C=O) groups excluding carboxylic acids is 1. The Morgan fingerprint density at radius 3 is 2.46 bits per heavy atom. The van der Waals surface area contributed by atoms with Crippen molar-refractivity contribution in [1.29, 1.82) is 0 Å². The quantitative estimate of drug-likeness (QED) is 0.229. The number of nitrogens with one attached hydrogen (secondary N) is 1. The minimum Gasteiger partial charge on any atom is -0.790 e. The molecule has 0 saturated carbocycles. The van der Waals surface area contributed by atoms with Gasteiger partial charge in [0.15, 0.2) is 0 Å². The molecule has 0 aromatic heterocycles. The van der Waals surface area contributed by atoms with Gasteiger partial charge in [-0.15, -0.1) is 0 Å². The standard InChI is InChI=1S/C16H25ClNO5P.2Na/c1-2-3-4-5-6-10-16(19)18-15(12-23-24(20,21)22)13-8-7-9-14(17)11-13;;/h7-9,11,15H,2-6,10,12H2,1H3,(H,18,19)(H2,20,21,22);;/q;2*+1/p-2. The second kappa shape index (κ2) is 15.9. The number of halogens is 1. The molecule has 0 aliphatic heterocycles. The first-order valence-electron chi connectivity index (χ1n) is 8.03. The van der Waals surface area contributed by atoms with Gasteiger partial charge in [-0.2, -0.15) is 0 Å². The van der Waals surface area contributed by atoms with Crippen molar-refractivity contribution in [1.82, 2.24) is 5.32 Å². The van der Waals surface area contributed by atoms with E-state index in [-0.39, 0.29) is 65.0 Å². The third kappa shape index (κ3) is 14.1. The Balaban J connectivity index is 0. The van der Waals surface area contributed by atoms with E-state index in [9.17, 15) is 19.1 Å². The molecule has 1 atom stereocenters. The van der Waals surface area contributed by atoms with Gasteiger partial charge in [-0.1, -0.05) is 56.3 Å². The van der Waals surface area contributed by atoms with Crippen LogP contribution in [0.25, 0.3) is 0 Å². The fraction of sp³-hybridized carbons (Fsp3) is 0.562. The van der Waals surface area contributed by atoms with Gasteiger partial charge in [0, 0.05) is 11.4 Å². The van der Waals surface area contributed by atoms with Gasteiger partial charge in [0.05, 0.1) is 20.5 Å². The second-order valence-corrected chi connectivity index (χ2v) is 7.17. The summed E-state index contributed by atoms with van der Waals surface area (Å²) in [6.45, 7) is 1.67. The molecule has 0 radical (unpaired) electrons. The molecular weight excluding hydrogens is 399 g/mol. The zero-order chi connectivity index (χ0) is 18.0. The van der Waals surface area contributed by atoms with Gasteiger partial charge >= 0.3 is 59.1 Å². The van der Waals surface area contributed by atoms with Crippen LogP contribution >= 0.6 is 19.4 Å². The zero-order valence-corrected chi connectivity index (χ0v) is 21.4. The number of hydrogen-bond donors (Lipinski definition) is 1. The van der Waals surface area contributed by atoms with Crippen LogP contribution in [0.4, 0.5) is 0 Å². The fourth-order valence-electron chi connectivity index (χ4n) is 2.27. The van der Waals surface area contributed by atoms with Crippen LogP contribution < -0.4 is 74.2 Å². The molecule has 0 aliphatic carbocycles. The summed E-state index contributed by atoms with van der Waals surface area (Å²) in [5.41, 5.74) is 0.579. The molecule has 1 aromatic rings. The maximum Gasteiger partial charge on any atom is 1.00 e. The number of hydrogen-bond acceptors (Lipinski definition) is 5. The molecule has 0 saturated heterocycles. The first-order chi connectivity index (χ1) is 11.3. The van der Waals surface area contributed by atoms with Crippen LogP contribution in [0, 0.1) is 0 Å². The summed E-state index contributed by atoms with van der Waals surface area (Å²) in [6, 6.07) is 5.86. The van der Waals surface area contributed by atoms with E-state index in [2.05, 4.69) is 16.8 Å². The molecule has 1 aromatic carbocycles. The van der Waals surface area contributed by atoms with Crippen molar-refractivity contribution in [2.75, 3.05) is 6.61 Å². The number of carbonyl (C=O) groups is 1. The summed E-state index contributed by atoms with van der Waals surface area (Å²) in [6.07, 6.45) is 5.42. The fourth-order valence-corrected chi connectivity index (χ4v) is 2.80. The van der Waals surface area contributed by atoms with E-state index < -0.39 is 20.5 Å². The number of benzene rings is 1. The van der Waals surface area contributed by atoms with E-state index in [1.54, 1.807) is 24.3 Å². The summed E-state index contributed by atoms with van der Waals surface area (Å²) in [4.78, 5) is 33.5. The zero-order valence-electron chi connectivity index (χ0n) is 15.7. The van der Waals surface area contributed by atoms with Gasteiger partial charge in [-0.05, 0) is 24.1 Å². The van der Waals surface area contributed by atoms with E-state index in [1.807, 2.05) is 0 Å². The van der Waals surface area contributed by atoms with Crippen LogP contribution in [0.2, 0.25) is 5.02 Å². The molecule has 6 nitrogen and oxygen atoms in total. The van der Waals surface area contributed by atoms with Crippen LogP contribution in [-0.2, 0) is 13.9 Å². The van der Waals surface area contributed by atoms with Gasteiger partial charge in [0.2, 0.25) is 5.91 Å². The minimum absolute atomic E-state index is 0. The van der Waals surface area contributed by atoms with Gasteiger partial charge < -0.3 is 24.2 Å². The predicted molar refractivity (Wildman–Crippen MR) is 89.3 cm³/mol. The maximum atomic E-state index is 12.0. The average molecular weight is 422 g/mol.